The van der Waals surface area contributed by atoms with Crippen LogP contribution in [0.3, 0.4) is 0 Å². The Labute approximate surface area is 337 Å². The van der Waals surface area contributed by atoms with Gasteiger partial charge in [-0.2, -0.15) is 0 Å². The number of hydrogen-bond donors (Lipinski definition) is 0. The average Bonchev–Trinajstić information content (AvgIpc) is 3.78. The summed E-state index contributed by atoms with van der Waals surface area (Å²) in [7, 11) is 0. The molecule has 11 rings (SSSR count). The minimum atomic E-state index is -0.0381. The van der Waals surface area contributed by atoms with E-state index >= 15 is 0 Å². The molecule has 2 aromatic heterocycles. The molecule has 0 saturated carbocycles. The van der Waals surface area contributed by atoms with Crippen LogP contribution < -0.4 is 0 Å². The van der Waals surface area contributed by atoms with Crippen molar-refractivity contribution in [3.63, 3.8) is 0 Å². The maximum absolute atomic E-state index is 6.58. The van der Waals surface area contributed by atoms with Crippen LogP contribution in [0.5, 0.6) is 0 Å². The minimum Gasteiger partial charge on any atom is -0.456 e. The third kappa shape index (κ3) is 5.64. The molecule has 0 saturated heterocycles. The zero-order valence-corrected chi connectivity index (χ0v) is 32.1. The molecular weight excluding hydrogens is 707 g/mol. The Balaban J connectivity index is 1.01. The number of nitrogens with zero attached hydrogens (tertiary/aromatic N) is 3. The fourth-order valence-electron chi connectivity index (χ4n) is 8.79. The predicted molar refractivity (Wildman–Crippen MR) is 237 cm³/mol. The van der Waals surface area contributed by atoms with Crippen molar-refractivity contribution in [3.05, 3.63) is 199 Å². The molecule has 0 atom stereocenters. The van der Waals surface area contributed by atoms with Gasteiger partial charge in [-0.15, -0.1) is 0 Å². The standard InChI is InChI=1S/C54H37N3O/c1-54(2)46-24-10-9-22-43(46)45-32-38(27-29-47(45)54)37-19-12-21-40(31-37)52-55-51(35-16-7-4-8-17-35)56-53(57-52)41-26-28-44-49(33-41)58-48-25-13-23-42(50(44)48)39-20-11-18-36(30-39)34-14-5-3-6-15-34/h3-33H,1-2H3. The number of benzene rings is 8. The van der Waals surface area contributed by atoms with Crippen LogP contribution in [0.2, 0.25) is 0 Å². The molecule has 1 aliphatic carbocycles. The molecule has 0 spiro atoms. The smallest absolute Gasteiger partial charge is 0.164 e. The number of hydrogen-bond acceptors (Lipinski definition) is 4. The highest BCUT2D eigenvalue weighted by Gasteiger charge is 2.35. The van der Waals surface area contributed by atoms with Crippen LogP contribution in [-0.2, 0) is 5.41 Å². The average molecular weight is 744 g/mol. The minimum absolute atomic E-state index is 0.0381. The van der Waals surface area contributed by atoms with Gasteiger partial charge in [-0.3, -0.25) is 0 Å². The van der Waals surface area contributed by atoms with E-state index in [2.05, 4.69) is 159 Å². The largest absolute Gasteiger partial charge is 0.456 e. The first-order valence-electron chi connectivity index (χ1n) is 19.8. The fraction of sp³-hybridized carbons (Fsp3) is 0.0556. The lowest BCUT2D eigenvalue weighted by Crippen LogP contribution is -2.14. The summed E-state index contributed by atoms with van der Waals surface area (Å²) in [6.07, 6.45) is 0. The van der Waals surface area contributed by atoms with E-state index < -0.39 is 0 Å². The second kappa shape index (κ2) is 13.4. The van der Waals surface area contributed by atoms with Crippen molar-refractivity contribution >= 4 is 21.9 Å². The van der Waals surface area contributed by atoms with E-state index in [0.29, 0.717) is 17.5 Å². The van der Waals surface area contributed by atoms with Crippen LogP contribution >= 0.6 is 0 Å². The molecule has 0 N–H and O–H groups in total. The third-order valence-electron chi connectivity index (χ3n) is 11.7. The molecule has 274 valence electrons. The Kier molecular flexibility index (Phi) is 7.80. The molecule has 10 aromatic rings. The monoisotopic (exact) mass is 743 g/mol. The lowest BCUT2D eigenvalue weighted by Gasteiger charge is -2.21. The molecule has 4 nitrogen and oxygen atoms in total. The van der Waals surface area contributed by atoms with E-state index in [4.69, 9.17) is 19.4 Å². The number of furan rings is 1. The van der Waals surface area contributed by atoms with Crippen molar-refractivity contribution < 1.29 is 4.42 Å². The van der Waals surface area contributed by atoms with E-state index in [9.17, 15) is 0 Å². The summed E-state index contributed by atoms with van der Waals surface area (Å²) in [6, 6.07) is 66.1. The number of fused-ring (bicyclic) bond motifs is 6. The SMILES string of the molecule is CC1(C)c2ccccc2-c2cc(-c3cccc(-c4nc(-c5ccccc5)nc(-c5ccc6c(c5)oc5cccc(-c7cccc(-c8ccccc8)c7)c56)n4)c3)ccc21. The van der Waals surface area contributed by atoms with Crippen molar-refractivity contribution in [1.29, 1.82) is 0 Å². The van der Waals surface area contributed by atoms with Gasteiger partial charge in [0.1, 0.15) is 11.2 Å². The number of aromatic nitrogens is 3. The van der Waals surface area contributed by atoms with Gasteiger partial charge in [-0.05, 0) is 92.0 Å². The van der Waals surface area contributed by atoms with Crippen LogP contribution in [0, 0.1) is 0 Å². The maximum Gasteiger partial charge on any atom is 0.164 e. The lowest BCUT2D eigenvalue weighted by molar-refractivity contribution is 0.660. The molecule has 0 unspecified atom stereocenters. The normalized spacial score (nSPS) is 12.8. The van der Waals surface area contributed by atoms with E-state index in [1.165, 1.54) is 33.4 Å². The van der Waals surface area contributed by atoms with Gasteiger partial charge >= 0.3 is 0 Å². The molecule has 2 heterocycles. The van der Waals surface area contributed by atoms with Crippen LogP contribution in [0.4, 0.5) is 0 Å². The molecule has 0 fully saturated rings. The van der Waals surface area contributed by atoms with Gasteiger partial charge < -0.3 is 4.42 Å². The van der Waals surface area contributed by atoms with E-state index in [1.807, 2.05) is 42.5 Å². The molecule has 8 aromatic carbocycles. The summed E-state index contributed by atoms with van der Waals surface area (Å²) in [5, 5.41) is 2.14. The maximum atomic E-state index is 6.58. The molecular formula is C54H37N3O. The van der Waals surface area contributed by atoms with E-state index in [-0.39, 0.29) is 5.41 Å². The first-order valence-corrected chi connectivity index (χ1v) is 19.8. The Bertz CT molecular complexity index is 3200. The first-order chi connectivity index (χ1) is 28.5. The Morgan fingerprint density at radius 2 is 0.862 bits per heavy atom. The Hall–Kier alpha value is -7.43. The molecule has 1 aliphatic rings. The number of rotatable bonds is 6. The van der Waals surface area contributed by atoms with Gasteiger partial charge in [-0.1, -0.05) is 166 Å². The van der Waals surface area contributed by atoms with Crippen molar-refractivity contribution in [3.8, 4) is 78.7 Å². The third-order valence-corrected chi connectivity index (χ3v) is 11.7. The predicted octanol–water partition coefficient (Wildman–Crippen LogP) is 14.1. The Morgan fingerprint density at radius 3 is 1.64 bits per heavy atom. The Morgan fingerprint density at radius 1 is 0.345 bits per heavy atom. The highest BCUT2D eigenvalue weighted by Crippen LogP contribution is 2.49. The fourth-order valence-corrected chi connectivity index (χ4v) is 8.79. The van der Waals surface area contributed by atoms with Gasteiger partial charge in [0.2, 0.25) is 0 Å². The van der Waals surface area contributed by atoms with Crippen molar-refractivity contribution in [2.75, 3.05) is 0 Å². The highest BCUT2D eigenvalue weighted by molar-refractivity contribution is 6.13. The quantitative estimate of drug-likeness (QED) is 0.170. The van der Waals surface area contributed by atoms with Gasteiger partial charge in [0.15, 0.2) is 17.5 Å². The van der Waals surface area contributed by atoms with Crippen LogP contribution in [0.25, 0.3) is 101 Å². The highest BCUT2D eigenvalue weighted by atomic mass is 16.3. The zero-order valence-electron chi connectivity index (χ0n) is 32.1. The van der Waals surface area contributed by atoms with Crippen molar-refractivity contribution in [2.45, 2.75) is 19.3 Å². The second-order valence-electron chi connectivity index (χ2n) is 15.6. The second-order valence-corrected chi connectivity index (χ2v) is 15.6. The van der Waals surface area contributed by atoms with Crippen molar-refractivity contribution in [2.24, 2.45) is 0 Å². The molecule has 4 heteroatoms. The molecule has 0 amide bonds. The summed E-state index contributed by atoms with van der Waals surface area (Å²) in [6.45, 7) is 4.63. The van der Waals surface area contributed by atoms with E-state index in [1.54, 1.807) is 0 Å². The van der Waals surface area contributed by atoms with E-state index in [0.717, 1.165) is 60.9 Å². The van der Waals surface area contributed by atoms with Gasteiger partial charge in [0.25, 0.3) is 0 Å². The summed E-state index contributed by atoms with van der Waals surface area (Å²) in [5.41, 5.74) is 16.5. The van der Waals surface area contributed by atoms with Crippen LogP contribution in [-0.4, -0.2) is 15.0 Å². The van der Waals surface area contributed by atoms with Crippen LogP contribution in [0.15, 0.2) is 192 Å². The summed E-state index contributed by atoms with van der Waals surface area (Å²) >= 11 is 0. The van der Waals surface area contributed by atoms with Gasteiger partial charge in [-0.25, -0.2) is 15.0 Å². The molecule has 0 bridgehead atoms. The summed E-state index contributed by atoms with van der Waals surface area (Å²) < 4.78 is 6.58. The summed E-state index contributed by atoms with van der Waals surface area (Å²) in [4.78, 5) is 15.3. The molecule has 0 aliphatic heterocycles. The van der Waals surface area contributed by atoms with Crippen molar-refractivity contribution in [1.82, 2.24) is 15.0 Å². The topological polar surface area (TPSA) is 51.8 Å². The first kappa shape index (κ1) is 33.9. The van der Waals surface area contributed by atoms with Gasteiger partial charge in [0, 0.05) is 32.9 Å². The van der Waals surface area contributed by atoms with Crippen LogP contribution in [0.1, 0.15) is 25.0 Å². The zero-order chi connectivity index (χ0) is 38.8. The molecule has 58 heavy (non-hydrogen) atoms. The lowest BCUT2D eigenvalue weighted by atomic mass is 9.82. The molecule has 0 radical (unpaired) electrons. The van der Waals surface area contributed by atoms with Gasteiger partial charge in [0.05, 0.1) is 0 Å². The summed E-state index contributed by atoms with van der Waals surface area (Å²) in [5.74, 6) is 1.82.